The van der Waals surface area contributed by atoms with Gasteiger partial charge in [0.15, 0.2) is 17.3 Å². The van der Waals surface area contributed by atoms with E-state index in [1.165, 1.54) is 26.2 Å². The van der Waals surface area contributed by atoms with Crippen LogP contribution in [-0.2, 0) is 4.74 Å². The number of Topliss-reactive ketones (excluding diaryl/α,β-unsaturated/α-hetero) is 1. The molecule has 0 spiro atoms. The van der Waals surface area contributed by atoms with E-state index in [1.54, 1.807) is 0 Å². The van der Waals surface area contributed by atoms with Crippen molar-refractivity contribution in [1.82, 2.24) is 0 Å². The number of carbonyl (C=O) groups is 1. The zero-order valence-corrected chi connectivity index (χ0v) is 10.6. The normalized spacial score (nSPS) is 10.2. The molecule has 0 fully saturated rings. The molecule has 16 heavy (non-hydrogen) atoms. The summed E-state index contributed by atoms with van der Waals surface area (Å²) in [5.41, 5.74) is 0.225. The Morgan fingerprint density at radius 1 is 1.44 bits per heavy atom. The zero-order valence-electron chi connectivity index (χ0n) is 9.05. The molecule has 3 nitrogen and oxygen atoms in total. The van der Waals surface area contributed by atoms with Gasteiger partial charge < -0.3 is 9.47 Å². The summed E-state index contributed by atoms with van der Waals surface area (Å²) in [5, 5.41) is 0. The number of rotatable bonds is 5. The molecule has 0 heterocycles. The Morgan fingerprint density at radius 3 is 2.69 bits per heavy atom. The minimum Gasteiger partial charge on any atom is -0.487 e. The molecule has 0 unspecified atom stereocenters. The minimum atomic E-state index is -0.560. The van der Waals surface area contributed by atoms with E-state index in [-0.39, 0.29) is 23.7 Å². The van der Waals surface area contributed by atoms with Crippen LogP contribution < -0.4 is 4.74 Å². The first-order chi connectivity index (χ1) is 7.56. The van der Waals surface area contributed by atoms with E-state index in [2.05, 4.69) is 15.9 Å². The molecular formula is C11H12BrFO3. The van der Waals surface area contributed by atoms with Gasteiger partial charge in [0.05, 0.1) is 12.2 Å². The molecule has 0 aliphatic carbocycles. The fourth-order valence-corrected chi connectivity index (χ4v) is 1.63. The summed E-state index contributed by atoms with van der Waals surface area (Å²) in [4.78, 5) is 11.3. The Kier molecular flexibility index (Phi) is 4.89. The molecule has 0 radical (unpaired) electrons. The van der Waals surface area contributed by atoms with E-state index in [9.17, 15) is 9.18 Å². The van der Waals surface area contributed by atoms with Crippen molar-refractivity contribution >= 4 is 21.7 Å². The Bertz CT molecular complexity index is 393. The second-order valence-electron chi connectivity index (χ2n) is 3.16. The molecule has 0 aliphatic heterocycles. The average molecular weight is 291 g/mol. The summed E-state index contributed by atoms with van der Waals surface area (Å²) in [7, 11) is 1.52. The van der Waals surface area contributed by atoms with E-state index >= 15 is 0 Å². The predicted octanol–water partition coefficient (Wildman–Crippen LogP) is 2.82. The maximum Gasteiger partial charge on any atom is 0.166 e. The van der Waals surface area contributed by atoms with Gasteiger partial charge in [0.25, 0.3) is 0 Å². The standard InChI is InChI=1S/C11H12BrFO3/c1-7(14)9-5-8(12)6-10(13)11(9)16-4-3-15-2/h5-6H,3-4H2,1-2H3. The molecule has 0 N–H and O–H groups in total. The van der Waals surface area contributed by atoms with Gasteiger partial charge >= 0.3 is 0 Å². The van der Waals surface area contributed by atoms with Crippen LogP contribution >= 0.6 is 15.9 Å². The molecule has 0 aromatic heterocycles. The minimum absolute atomic E-state index is 0.0206. The van der Waals surface area contributed by atoms with E-state index in [0.29, 0.717) is 11.1 Å². The van der Waals surface area contributed by atoms with E-state index in [4.69, 9.17) is 9.47 Å². The van der Waals surface area contributed by atoms with Crippen LogP contribution in [0.5, 0.6) is 5.75 Å². The fourth-order valence-electron chi connectivity index (χ4n) is 1.20. The molecule has 0 atom stereocenters. The Morgan fingerprint density at radius 2 is 2.12 bits per heavy atom. The van der Waals surface area contributed by atoms with Crippen molar-refractivity contribution < 1.29 is 18.7 Å². The Hall–Kier alpha value is -0.940. The highest BCUT2D eigenvalue weighted by Gasteiger charge is 2.15. The van der Waals surface area contributed by atoms with Gasteiger partial charge in [-0.3, -0.25) is 4.79 Å². The van der Waals surface area contributed by atoms with Gasteiger partial charge in [0.2, 0.25) is 0 Å². The topological polar surface area (TPSA) is 35.5 Å². The Balaban J connectivity index is 2.99. The van der Waals surface area contributed by atoms with Gasteiger partial charge in [0, 0.05) is 11.6 Å². The SMILES string of the molecule is COCCOc1c(F)cc(Br)cc1C(C)=O. The lowest BCUT2D eigenvalue weighted by Gasteiger charge is -2.10. The fraction of sp³-hybridized carbons (Fsp3) is 0.364. The summed E-state index contributed by atoms with van der Waals surface area (Å²) in [5.74, 6) is -0.823. The van der Waals surface area contributed by atoms with Gasteiger partial charge in [-0.2, -0.15) is 0 Å². The first-order valence-corrected chi connectivity index (χ1v) is 5.47. The summed E-state index contributed by atoms with van der Waals surface area (Å²) in [6, 6.07) is 2.79. The van der Waals surface area contributed by atoms with Crippen LogP contribution in [0.25, 0.3) is 0 Å². The second-order valence-corrected chi connectivity index (χ2v) is 4.08. The van der Waals surface area contributed by atoms with Crippen molar-refractivity contribution in [1.29, 1.82) is 0 Å². The van der Waals surface area contributed by atoms with E-state index in [0.717, 1.165) is 0 Å². The third-order valence-corrected chi connectivity index (χ3v) is 2.38. The van der Waals surface area contributed by atoms with Gasteiger partial charge in [-0.25, -0.2) is 4.39 Å². The van der Waals surface area contributed by atoms with Crippen LogP contribution in [0.2, 0.25) is 0 Å². The van der Waals surface area contributed by atoms with Crippen molar-refractivity contribution in [3.63, 3.8) is 0 Å². The highest BCUT2D eigenvalue weighted by Crippen LogP contribution is 2.27. The third kappa shape index (κ3) is 3.28. The van der Waals surface area contributed by atoms with Crippen LogP contribution in [0, 0.1) is 5.82 Å². The van der Waals surface area contributed by atoms with Gasteiger partial charge in [0.1, 0.15) is 6.61 Å². The molecule has 0 aliphatic rings. The molecule has 0 amide bonds. The number of hydrogen-bond acceptors (Lipinski definition) is 3. The highest BCUT2D eigenvalue weighted by atomic mass is 79.9. The number of carbonyl (C=O) groups excluding carboxylic acids is 1. The lowest BCUT2D eigenvalue weighted by molar-refractivity contribution is 0.100. The summed E-state index contributed by atoms with van der Waals surface area (Å²) in [6.07, 6.45) is 0. The first-order valence-electron chi connectivity index (χ1n) is 4.68. The van der Waals surface area contributed by atoms with Gasteiger partial charge in [-0.15, -0.1) is 0 Å². The second kappa shape index (κ2) is 5.96. The van der Waals surface area contributed by atoms with Crippen molar-refractivity contribution in [2.75, 3.05) is 20.3 Å². The maximum absolute atomic E-state index is 13.6. The number of hydrogen-bond donors (Lipinski definition) is 0. The van der Waals surface area contributed by atoms with Crippen LogP contribution in [0.15, 0.2) is 16.6 Å². The largest absolute Gasteiger partial charge is 0.487 e. The molecule has 1 aromatic rings. The Labute approximate surface area is 102 Å². The van der Waals surface area contributed by atoms with E-state index in [1.807, 2.05) is 0 Å². The van der Waals surface area contributed by atoms with Crippen molar-refractivity contribution in [3.8, 4) is 5.75 Å². The average Bonchev–Trinajstić information content (AvgIpc) is 2.20. The molecule has 0 saturated heterocycles. The van der Waals surface area contributed by atoms with E-state index < -0.39 is 5.82 Å². The lowest BCUT2D eigenvalue weighted by Crippen LogP contribution is -2.09. The zero-order chi connectivity index (χ0) is 12.1. The van der Waals surface area contributed by atoms with Crippen LogP contribution in [0.3, 0.4) is 0 Å². The molecule has 0 saturated carbocycles. The molecule has 1 rings (SSSR count). The third-order valence-electron chi connectivity index (χ3n) is 1.92. The van der Waals surface area contributed by atoms with Gasteiger partial charge in [-0.1, -0.05) is 15.9 Å². The summed E-state index contributed by atoms with van der Waals surface area (Å²) < 4.78 is 24.0. The predicted molar refractivity (Wildman–Crippen MR) is 61.5 cm³/mol. The van der Waals surface area contributed by atoms with Crippen molar-refractivity contribution in [2.24, 2.45) is 0 Å². The number of ether oxygens (including phenoxy) is 2. The number of methoxy groups -OCH3 is 1. The highest BCUT2D eigenvalue weighted by molar-refractivity contribution is 9.10. The van der Waals surface area contributed by atoms with Crippen LogP contribution in [-0.4, -0.2) is 26.1 Å². The van der Waals surface area contributed by atoms with Gasteiger partial charge in [-0.05, 0) is 19.1 Å². The number of halogens is 2. The number of ketones is 1. The monoisotopic (exact) mass is 290 g/mol. The van der Waals surface area contributed by atoms with Crippen LogP contribution in [0.4, 0.5) is 4.39 Å². The molecule has 0 bridgehead atoms. The summed E-state index contributed by atoms with van der Waals surface area (Å²) >= 11 is 3.12. The smallest absolute Gasteiger partial charge is 0.166 e. The molecular weight excluding hydrogens is 279 g/mol. The molecule has 88 valence electrons. The quantitative estimate of drug-likeness (QED) is 0.618. The number of benzene rings is 1. The maximum atomic E-state index is 13.6. The molecule has 1 aromatic carbocycles. The molecule has 5 heteroatoms. The lowest BCUT2D eigenvalue weighted by atomic mass is 10.1. The van der Waals surface area contributed by atoms with Crippen molar-refractivity contribution in [3.05, 3.63) is 28.0 Å². The van der Waals surface area contributed by atoms with Crippen molar-refractivity contribution in [2.45, 2.75) is 6.92 Å². The first kappa shape index (κ1) is 13.1. The summed E-state index contributed by atoms with van der Waals surface area (Å²) in [6.45, 7) is 1.91. The van der Waals surface area contributed by atoms with Crippen LogP contribution in [0.1, 0.15) is 17.3 Å².